The number of benzene rings is 2. The van der Waals surface area contributed by atoms with Crippen LogP contribution in [-0.4, -0.2) is 38.5 Å². The van der Waals surface area contributed by atoms with Gasteiger partial charge in [-0.3, -0.25) is 14.4 Å². The Kier molecular flexibility index (Phi) is 6.16. The van der Waals surface area contributed by atoms with E-state index in [-0.39, 0.29) is 18.2 Å². The van der Waals surface area contributed by atoms with Crippen molar-refractivity contribution in [2.24, 2.45) is 0 Å². The molecule has 0 saturated carbocycles. The number of carbonyl (C=O) groups is 3. The van der Waals surface area contributed by atoms with Crippen LogP contribution in [0.3, 0.4) is 0 Å². The van der Waals surface area contributed by atoms with Crippen molar-refractivity contribution >= 4 is 23.5 Å². The Morgan fingerprint density at radius 3 is 2.45 bits per heavy atom. The molecule has 0 bridgehead atoms. The summed E-state index contributed by atoms with van der Waals surface area (Å²) in [5, 5.41) is 2.92. The van der Waals surface area contributed by atoms with Crippen molar-refractivity contribution < 1.29 is 23.9 Å². The molecule has 7 nitrogen and oxygen atoms in total. The van der Waals surface area contributed by atoms with Crippen LogP contribution >= 0.6 is 0 Å². The van der Waals surface area contributed by atoms with E-state index in [9.17, 15) is 14.4 Å². The molecule has 0 radical (unpaired) electrons. The van der Waals surface area contributed by atoms with Crippen molar-refractivity contribution in [3.8, 4) is 5.75 Å². The molecular formula is C22H24N2O5. The van der Waals surface area contributed by atoms with Crippen LogP contribution in [0.5, 0.6) is 5.75 Å². The van der Waals surface area contributed by atoms with Gasteiger partial charge in [0.1, 0.15) is 5.75 Å². The molecule has 152 valence electrons. The fourth-order valence-corrected chi connectivity index (χ4v) is 3.45. The standard InChI is InChI=1S/C22H24N2O5/c1-14(25)24-11-10-16-12-17(6-9-20(16)24)22(27)23-19(13-21(26)29-3)15-4-7-18(28-2)8-5-15/h4-9,12,19H,10-11,13H2,1-3H3,(H,23,27)/t19-/m0/s1. The minimum Gasteiger partial charge on any atom is -0.497 e. The first-order chi connectivity index (χ1) is 13.9. The monoisotopic (exact) mass is 396 g/mol. The SMILES string of the molecule is COC(=O)C[C@H](NC(=O)c1ccc2c(c1)CCN2C(C)=O)c1ccc(OC)cc1. The highest BCUT2D eigenvalue weighted by atomic mass is 16.5. The van der Waals surface area contributed by atoms with Crippen LogP contribution in [0.25, 0.3) is 0 Å². The third-order valence-electron chi connectivity index (χ3n) is 5.04. The summed E-state index contributed by atoms with van der Waals surface area (Å²) in [5.41, 5.74) is 3.06. The zero-order chi connectivity index (χ0) is 21.0. The maximum Gasteiger partial charge on any atom is 0.307 e. The molecule has 1 atom stereocenters. The van der Waals surface area contributed by atoms with Crippen LogP contribution < -0.4 is 15.0 Å². The number of methoxy groups -OCH3 is 2. The van der Waals surface area contributed by atoms with Crippen molar-refractivity contribution in [3.63, 3.8) is 0 Å². The number of amides is 2. The fraction of sp³-hybridized carbons (Fsp3) is 0.318. The normalized spacial score (nSPS) is 13.4. The second kappa shape index (κ2) is 8.77. The number of nitrogens with zero attached hydrogens (tertiary/aromatic N) is 1. The molecule has 1 aliphatic rings. The third-order valence-corrected chi connectivity index (χ3v) is 5.04. The maximum atomic E-state index is 12.9. The largest absolute Gasteiger partial charge is 0.497 e. The minimum absolute atomic E-state index is 0.0115. The molecule has 0 unspecified atom stereocenters. The van der Waals surface area contributed by atoms with Gasteiger partial charge >= 0.3 is 5.97 Å². The summed E-state index contributed by atoms with van der Waals surface area (Å²) in [6, 6.07) is 11.9. The molecule has 1 heterocycles. The first-order valence-corrected chi connectivity index (χ1v) is 9.35. The Bertz CT molecular complexity index is 923. The van der Waals surface area contributed by atoms with Crippen LogP contribution in [0.2, 0.25) is 0 Å². The highest BCUT2D eigenvalue weighted by molar-refractivity contribution is 5.98. The summed E-state index contributed by atoms with van der Waals surface area (Å²) in [6.45, 7) is 2.15. The molecule has 1 N–H and O–H groups in total. The van der Waals surface area contributed by atoms with Crippen LogP contribution in [0.4, 0.5) is 5.69 Å². The quantitative estimate of drug-likeness (QED) is 0.759. The predicted molar refractivity (Wildman–Crippen MR) is 108 cm³/mol. The lowest BCUT2D eigenvalue weighted by Gasteiger charge is -2.19. The highest BCUT2D eigenvalue weighted by Crippen LogP contribution is 2.29. The Morgan fingerprint density at radius 1 is 1.10 bits per heavy atom. The lowest BCUT2D eigenvalue weighted by atomic mass is 10.0. The van der Waals surface area contributed by atoms with Crippen molar-refractivity contribution in [1.82, 2.24) is 5.32 Å². The number of nitrogens with one attached hydrogen (secondary N) is 1. The zero-order valence-corrected chi connectivity index (χ0v) is 16.7. The Morgan fingerprint density at radius 2 is 1.83 bits per heavy atom. The van der Waals surface area contributed by atoms with Gasteiger partial charge in [-0.2, -0.15) is 0 Å². The van der Waals surface area contributed by atoms with Gasteiger partial charge in [0.25, 0.3) is 5.91 Å². The molecule has 0 spiro atoms. The molecule has 0 fully saturated rings. The first kappa shape index (κ1) is 20.4. The van der Waals surface area contributed by atoms with Gasteiger partial charge in [-0.15, -0.1) is 0 Å². The van der Waals surface area contributed by atoms with Gasteiger partial charge < -0.3 is 19.7 Å². The van der Waals surface area contributed by atoms with Gasteiger partial charge in [0, 0.05) is 24.7 Å². The molecular weight excluding hydrogens is 372 g/mol. The maximum absolute atomic E-state index is 12.9. The average molecular weight is 396 g/mol. The predicted octanol–water partition coefficient (Wildman–Crippen LogP) is 2.64. The van der Waals surface area contributed by atoms with Crippen molar-refractivity contribution in [1.29, 1.82) is 0 Å². The van der Waals surface area contributed by atoms with E-state index in [4.69, 9.17) is 9.47 Å². The van der Waals surface area contributed by atoms with E-state index in [1.165, 1.54) is 14.0 Å². The van der Waals surface area contributed by atoms with Crippen LogP contribution in [0, 0.1) is 0 Å². The Labute approximate surface area is 169 Å². The number of fused-ring (bicyclic) bond motifs is 1. The van der Waals surface area contributed by atoms with E-state index in [0.717, 1.165) is 16.8 Å². The number of carbonyl (C=O) groups excluding carboxylic acids is 3. The van der Waals surface area contributed by atoms with Gasteiger partial charge in [0.05, 0.1) is 26.7 Å². The summed E-state index contributed by atoms with van der Waals surface area (Å²) in [5.74, 6) is -0.0416. The van der Waals surface area contributed by atoms with Crippen molar-refractivity contribution in [2.75, 3.05) is 25.7 Å². The lowest BCUT2D eigenvalue weighted by molar-refractivity contribution is -0.141. The first-order valence-electron chi connectivity index (χ1n) is 9.35. The van der Waals surface area contributed by atoms with E-state index in [2.05, 4.69) is 5.32 Å². The summed E-state index contributed by atoms with van der Waals surface area (Å²) in [6.07, 6.45) is 0.720. The van der Waals surface area contributed by atoms with Crippen LogP contribution in [0.15, 0.2) is 42.5 Å². The molecule has 1 aliphatic heterocycles. The second-order valence-corrected chi connectivity index (χ2v) is 6.84. The summed E-state index contributed by atoms with van der Waals surface area (Å²) in [4.78, 5) is 38.1. The Hall–Kier alpha value is -3.35. The average Bonchev–Trinajstić information content (AvgIpc) is 3.16. The number of ether oxygens (including phenoxy) is 2. The fourth-order valence-electron chi connectivity index (χ4n) is 3.45. The van der Waals surface area contributed by atoms with Crippen LogP contribution in [0.1, 0.15) is 40.9 Å². The number of hydrogen-bond acceptors (Lipinski definition) is 5. The van der Waals surface area contributed by atoms with E-state index in [1.54, 1.807) is 54.5 Å². The number of hydrogen-bond donors (Lipinski definition) is 1. The van der Waals surface area contributed by atoms with Gasteiger partial charge in [0.2, 0.25) is 5.91 Å². The number of rotatable bonds is 6. The summed E-state index contributed by atoms with van der Waals surface area (Å²) in [7, 11) is 2.89. The molecule has 2 amide bonds. The summed E-state index contributed by atoms with van der Waals surface area (Å²) < 4.78 is 9.94. The molecule has 0 aliphatic carbocycles. The number of anilines is 1. The molecule has 7 heteroatoms. The molecule has 0 aromatic heterocycles. The van der Waals surface area contributed by atoms with Gasteiger partial charge in [-0.1, -0.05) is 12.1 Å². The molecule has 2 aromatic rings. The molecule has 29 heavy (non-hydrogen) atoms. The lowest BCUT2D eigenvalue weighted by Crippen LogP contribution is -2.30. The van der Waals surface area contributed by atoms with E-state index in [1.807, 2.05) is 0 Å². The smallest absolute Gasteiger partial charge is 0.307 e. The minimum atomic E-state index is -0.539. The van der Waals surface area contributed by atoms with Crippen LogP contribution in [-0.2, 0) is 20.7 Å². The highest BCUT2D eigenvalue weighted by Gasteiger charge is 2.24. The van der Waals surface area contributed by atoms with Crippen molar-refractivity contribution in [2.45, 2.75) is 25.8 Å². The molecule has 2 aromatic carbocycles. The Balaban J connectivity index is 1.81. The number of esters is 1. The van der Waals surface area contributed by atoms with E-state index < -0.39 is 12.0 Å². The van der Waals surface area contributed by atoms with Gasteiger partial charge in [0.15, 0.2) is 0 Å². The van der Waals surface area contributed by atoms with Gasteiger partial charge in [-0.25, -0.2) is 0 Å². The second-order valence-electron chi connectivity index (χ2n) is 6.84. The van der Waals surface area contributed by atoms with Gasteiger partial charge in [-0.05, 0) is 47.9 Å². The molecule has 0 saturated heterocycles. The van der Waals surface area contributed by atoms with E-state index in [0.29, 0.717) is 24.3 Å². The summed E-state index contributed by atoms with van der Waals surface area (Å²) >= 11 is 0. The topological polar surface area (TPSA) is 84.9 Å². The van der Waals surface area contributed by atoms with E-state index >= 15 is 0 Å². The van der Waals surface area contributed by atoms with Crippen molar-refractivity contribution in [3.05, 3.63) is 59.2 Å². The molecule has 3 rings (SSSR count). The zero-order valence-electron chi connectivity index (χ0n) is 16.7. The third kappa shape index (κ3) is 4.56.